The van der Waals surface area contributed by atoms with Gasteiger partial charge in [-0.3, -0.25) is 0 Å². The van der Waals surface area contributed by atoms with E-state index in [-0.39, 0.29) is 5.56 Å². The summed E-state index contributed by atoms with van der Waals surface area (Å²) in [5, 5.41) is 9.78. The van der Waals surface area contributed by atoms with Crippen LogP contribution in [0, 0.1) is 5.92 Å². The van der Waals surface area contributed by atoms with Gasteiger partial charge in [-0.05, 0) is 30.9 Å². The van der Waals surface area contributed by atoms with Gasteiger partial charge in [0.1, 0.15) is 5.56 Å². The van der Waals surface area contributed by atoms with Crippen LogP contribution in [0.2, 0.25) is 5.02 Å². The van der Waals surface area contributed by atoms with Gasteiger partial charge >= 0.3 is 5.97 Å². The molecular weight excluding hydrogens is 274 g/mol. The van der Waals surface area contributed by atoms with Crippen LogP contribution in [0.15, 0.2) is 18.2 Å². The van der Waals surface area contributed by atoms with E-state index in [1.807, 2.05) is 12.1 Å². The first-order chi connectivity index (χ1) is 9.50. The average Bonchev–Trinajstić information content (AvgIpc) is 2.88. The summed E-state index contributed by atoms with van der Waals surface area (Å²) in [6, 6.07) is 5.81. The van der Waals surface area contributed by atoms with Gasteiger partial charge in [-0.2, -0.15) is 0 Å². The molecule has 3 nitrogen and oxygen atoms in total. The zero-order valence-corrected chi connectivity index (χ0v) is 12.9. The van der Waals surface area contributed by atoms with Crippen molar-refractivity contribution in [2.45, 2.75) is 45.6 Å². The fourth-order valence-corrected chi connectivity index (χ4v) is 3.27. The quantitative estimate of drug-likeness (QED) is 0.873. The SMILES string of the molecule is CC(C)CN(c1cccc(Cl)c1C(=O)O)C1CCCC1. The molecule has 0 saturated heterocycles. The van der Waals surface area contributed by atoms with Gasteiger partial charge in [0, 0.05) is 12.6 Å². The van der Waals surface area contributed by atoms with Crippen molar-refractivity contribution in [3.63, 3.8) is 0 Å². The fraction of sp³-hybridized carbons (Fsp3) is 0.562. The van der Waals surface area contributed by atoms with Crippen LogP contribution in [-0.2, 0) is 0 Å². The van der Waals surface area contributed by atoms with E-state index >= 15 is 0 Å². The third kappa shape index (κ3) is 3.26. The van der Waals surface area contributed by atoms with Gasteiger partial charge in [-0.25, -0.2) is 4.79 Å². The summed E-state index contributed by atoms with van der Waals surface area (Å²) < 4.78 is 0. The van der Waals surface area contributed by atoms with Crippen molar-refractivity contribution in [1.29, 1.82) is 0 Å². The Bertz CT molecular complexity index is 481. The molecule has 1 fully saturated rings. The van der Waals surface area contributed by atoms with Gasteiger partial charge in [0.15, 0.2) is 0 Å². The van der Waals surface area contributed by atoms with Crippen molar-refractivity contribution in [3.8, 4) is 0 Å². The molecule has 0 unspecified atom stereocenters. The Balaban J connectivity index is 2.42. The molecule has 0 aromatic heterocycles. The molecular formula is C16H22ClNO2. The molecule has 0 spiro atoms. The minimum atomic E-state index is -0.947. The largest absolute Gasteiger partial charge is 0.478 e. The Morgan fingerprint density at radius 3 is 2.60 bits per heavy atom. The molecule has 4 heteroatoms. The first-order valence-corrected chi connectivity index (χ1v) is 7.67. The van der Waals surface area contributed by atoms with E-state index in [0.717, 1.165) is 25.1 Å². The lowest BCUT2D eigenvalue weighted by atomic mass is 10.1. The second-order valence-electron chi connectivity index (χ2n) is 5.92. The van der Waals surface area contributed by atoms with Crippen molar-refractivity contribution < 1.29 is 9.90 Å². The molecule has 2 rings (SSSR count). The van der Waals surface area contributed by atoms with E-state index in [2.05, 4.69) is 18.7 Å². The fourth-order valence-electron chi connectivity index (χ4n) is 3.02. The van der Waals surface area contributed by atoms with Gasteiger partial charge < -0.3 is 10.0 Å². The number of rotatable bonds is 5. The first kappa shape index (κ1) is 15.2. The average molecular weight is 296 g/mol. The number of halogens is 1. The maximum atomic E-state index is 11.5. The van der Waals surface area contributed by atoms with Crippen molar-refractivity contribution in [3.05, 3.63) is 28.8 Å². The molecule has 1 aromatic carbocycles. The van der Waals surface area contributed by atoms with Crippen LogP contribution in [-0.4, -0.2) is 23.7 Å². The number of hydrogen-bond acceptors (Lipinski definition) is 2. The van der Waals surface area contributed by atoms with Gasteiger partial charge in [-0.1, -0.05) is 44.4 Å². The maximum Gasteiger partial charge on any atom is 0.339 e. The van der Waals surface area contributed by atoms with E-state index < -0.39 is 5.97 Å². The van der Waals surface area contributed by atoms with Crippen LogP contribution in [0.25, 0.3) is 0 Å². The standard InChI is InChI=1S/C16H22ClNO2/c1-11(2)10-18(12-6-3-4-7-12)14-9-5-8-13(17)15(14)16(19)20/h5,8-9,11-12H,3-4,6-7,10H2,1-2H3,(H,19,20). The molecule has 0 atom stereocenters. The molecule has 110 valence electrons. The Kier molecular flexibility index (Phi) is 4.92. The zero-order valence-electron chi connectivity index (χ0n) is 12.1. The minimum absolute atomic E-state index is 0.238. The lowest BCUT2D eigenvalue weighted by molar-refractivity contribution is 0.0697. The highest BCUT2D eigenvalue weighted by Crippen LogP contribution is 2.34. The second kappa shape index (κ2) is 6.49. The predicted molar refractivity (Wildman–Crippen MR) is 82.9 cm³/mol. The summed E-state index contributed by atoms with van der Waals surface area (Å²) >= 11 is 6.10. The van der Waals surface area contributed by atoms with Crippen molar-refractivity contribution in [2.75, 3.05) is 11.4 Å². The number of nitrogens with zero attached hydrogens (tertiary/aromatic N) is 1. The number of aromatic carboxylic acids is 1. The lowest BCUT2D eigenvalue weighted by Gasteiger charge is -2.34. The maximum absolute atomic E-state index is 11.5. The minimum Gasteiger partial charge on any atom is -0.478 e. The van der Waals surface area contributed by atoms with Crippen LogP contribution in [0.3, 0.4) is 0 Å². The number of carboxylic acids is 1. The van der Waals surface area contributed by atoms with E-state index in [9.17, 15) is 9.90 Å². The van der Waals surface area contributed by atoms with Crippen molar-refractivity contribution in [1.82, 2.24) is 0 Å². The molecule has 1 N–H and O–H groups in total. The van der Waals surface area contributed by atoms with Gasteiger partial charge in [0.2, 0.25) is 0 Å². The van der Waals surface area contributed by atoms with Crippen LogP contribution in [0.4, 0.5) is 5.69 Å². The third-order valence-corrected chi connectivity index (χ3v) is 4.16. The lowest BCUT2D eigenvalue weighted by Crippen LogP contribution is -2.37. The molecule has 0 amide bonds. The highest BCUT2D eigenvalue weighted by molar-refractivity contribution is 6.34. The van der Waals surface area contributed by atoms with Gasteiger partial charge in [0.25, 0.3) is 0 Å². The summed E-state index contributed by atoms with van der Waals surface area (Å²) in [5.41, 5.74) is 1.01. The molecule has 0 heterocycles. The normalized spacial score (nSPS) is 15.8. The van der Waals surface area contributed by atoms with E-state index in [1.54, 1.807) is 6.07 Å². The number of anilines is 1. The van der Waals surface area contributed by atoms with Crippen LogP contribution < -0.4 is 4.90 Å². The van der Waals surface area contributed by atoms with Crippen molar-refractivity contribution >= 4 is 23.3 Å². The smallest absolute Gasteiger partial charge is 0.339 e. The van der Waals surface area contributed by atoms with Crippen LogP contribution in [0.5, 0.6) is 0 Å². The summed E-state index contributed by atoms with van der Waals surface area (Å²) in [5.74, 6) is -0.464. The molecule has 1 aliphatic rings. The second-order valence-corrected chi connectivity index (χ2v) is 6.33. The van der Waals surface area contributed by atoms with E-state index in [0.29, 0.717) is 17.0 Å². The Labute approximate surface area is 125 Å². The Morgan fingerprint density at radius 2 is 2.05 bits per heavy atom. The monoisotopic (exact) mass is 295 g/mol. The molecule has 1 saturated carbocycles. The van der Waals surface area contributed by atoms with Crippen molar-refractivity contribution in [2.24, 2.45) is 5.92 Å². The summed E-state index contributed by atoms with van der Waals surface area (Å²) in [6.07, 6.45) is 4.72. The summed E-state index contributed by atoms with van der Waals surface area (Å²) in [7, 11) is 0. The first-order valence-electron chi connectivity index (χ1n) is 7.29. The van der Waals surface area contributed by atoms with Crippen LogP contribution in [0.1, 0.15) is 49.9 Å². The topological polar surface area (TPSA) is 40.5 Å². The van der Waals surface area contributed by atoms with E-state index in [1.165, 1.54) is 12.8 Å². The number of hydrogen-bond donors (Lipinski definition) is 1. The molecule has 1 aliphatic carbocycles. The molecule has 0 radical (unpaired) electrons. The zero-order chi connectivity index (χ0) is 14.7. The summed E-state index contributed by atoms with van der Waals surface area (Å²) in [4.78, 5) is 13.8. The summed E-state index contributed by atoms with van der Waals surface area (Å²) in [6.45, 7) is 5.19. The highest BCUT2D eigenvalue weighted by Gasteiger charge is 2.27. The number of carboxylic acid groups (broad SMARTS) is 1. The molecule has 1 aromatic rings. The molecule has 20 heavy (non-hydrogen) atoms. The number of carbonyl (C=O) groups is 1. The van der Waals surface area contributed by atoms with Crippen LogP contribution >= 0.6 is 11.6 Å². The Hall–Kier alpha value is -1.22. The van der Waals surface area contributed by atoms with Gasteiger partial charge in [0.05, 0.1) is 10.7 Å². The Morgan fingerprint density at radius 1 is 1.40 bits per heavy atom. The predicted octanol–water partition coefficient (Wildman–Crippen LogP) is 4.44. The van der Waals surface area contributed by atoms with Gasteiger partial charge in [-0.15, -0.1) is 0 Å². The molecule has 0 bridgehead atoms. The molecule has 0 aliphatic heterocycles. The third-order valence-electron chi connectivity index (χ3n) is 3.84. The van der Waals surface area contributed by atoms with E-state index in [4.69, 9.17) is 11.6 Å². The highest BCUT2D eigenvalue weighted by atomic mass is 35.5. The number of benzene rings is 1.